The number of piperidine rings is 1. The zero-order valence-electron chi connectivity index (χ0n) is 10.1. The standard InChI is InChI=1S/C13H16ClNO3/c1-15-7-10(13(17)18)12(16)6-11(15)8-2-4-9(14)5-3-8/h2-5,10-12,16H,6-7H2,1H3,(H,17,18). The molecule has 0 aromatic heterocycles. The molecule has 18 heavy (non-hydrogen) atoms. The van der Waals surface area contributed by atoms with Gasteiger partial charge in [-0.05, 0) is 31.2 Å². The second-order valence-corrected chi connectivity index (χ2v) is 5.19. The van der Waals surface area contributed by atoms with Crippen molar-refractivity contribution < 1.29 is 15.0 Å². The van der Waals surface area contributed by atoms with E-state index in [1.54, 1.807) is 12.1 Å². The Bertz CT molecular complexity index is 434. The molecule has 0 amide bonds. The first-order valence-corrected chi connectivity index (χ1v) is 6.23. The quantitative estimate of drug-likeness (QED) is 0.859. The number of halogens is 1. The lowest BCUT2D eigenvalue weighted by atomic mass is 9.87. The lowest BCUT2D eigenvalue weighted by molar-refractivity contribution is -0.150. The van der Waals surface area contributed by atoms with Crippen molar-refractivity contribution in [2.75, 3.05) is 13.6 Å². The van der Waals surface area contributed by atoms with Crippen molar-refractivity contribution in [2.45, 2.75) is 18.6 Å². The minimum absolute atomic E-state index is 0.0351. The molecule has 3 atom stereocenters. The lowest BCUT2D eigenvalue weighted by Gasteiger charge is -2.38. The number of carbonyl (C=O) groups is 1. The Kier molecular flexibility index (Phi) is 3.90. The number of hydrogen-bond acceptors (Lipinski definition) is 3. The van der Waals surface area contributed by atoms with Crippen LogP contribution >= 0.6 is 11.6 Å². The van der Waals surface area contributed by atoms with Crippen molar-refractivity contribution in [3.63, 3.8) is 0 Å². The Balaban J connectivity index is 2.16. The van der Waals surface area contributed by atoms with Gasteiger partial charge in [-0.2, -0.15) is 0 Å². The maximum atomic E-state index is 11.0. The van der Waals surface area contributed by atoms with Gasteiger partial charge in [0, 0.05) is 17.6 Å². The average molecular weight is 270 g/mol. The highest BCUT2D eigenvalue weighted by atomic mass is 35.5. The zero-order chi connectivity index (χ0) is 13.3. The molecule has 3 unspecified atom stereocenters. The topological polar surface area (TPSA) is 60.8 Å². The third kappa shape index (κ3) is 2.66. The summed E-state index contributed by atoms with van der Waals surface area (Å²) in [6, 6.07) is 7.47. The monoisotopic (exact) mass is 269 g/mol. The smallest absolute Gasteiger partial charge is 0.310 e. The van der Waals surface area contributed by atoms with Crippen LogP contribution in [-0.4, -0.2) is 40.8 Å². The summed E-state index contributed by atoms with van der Waals surface area (Å²) in [5, 5.41) is 19.6. The maximum Gasteiger partial charge on any atom is 0.310 e. The van der Waals surface area contributed by atoms with E-state index in [9.17, 15) is 9.90 Å². The molecule has 1 aliphatic rings. The second kappa shape index (κ2) is 5.26. The first-order chi connectivity index (χ1) is 8.49. The second-order valence-electron chi connectivity index (χ2n) is 4.75. The molecule has 1 aromatic carbocycles. The van der Waals surface area contributed by atoms with Crippen LogP contribution in [0.5, 0.6) is 0 Å². The van der Waals surface area contributed by atoms with Crippen molar-refractivity contribution in [1.29, 1.82) is 0 Å². The molecule has 1 aromatic rings. The third-order valence-electron chi connectivity index (χ3n) is 3.52. The average Bonchev–Trinajstić information content (AvgIpc) is 2.32. The minimum Gasteiger partial charge on any atom is -0.481 e. The van der Waals surface area contributed by atoms with E-state index in [-0.39, 0.29) is 6.04 Å². The van der Waals surface area contributed by atoms with Gasteiger partial charge in [-0.3, -0.25) is 9.69 Å². The zero-order valence-corrected chi connectivity index (χ0v) is 10.8. The first kappa shape index (κ1) is 13.3. The fourth-order valence-electron chi connectivity index (χ4n) is 2.45. The van der Waals surface area contributed by atoms with Gasteiger partial charge >= 0.3 is 5.97 Å². The van der Waals surface area contributed by atoms with Crippen LogP contribution in [0.4, 0.5) is 0 Å². The highest BCUT2D eigenvalue weighted by Crippen LogP contribution is 2.33. The normalized spacial score (nSPS) is 29.2. The fourth-order valence-corrected chi connectivity index (χ4v) is 2.58. The van der Waals surface area contributed by atoms with E-state index in [4.69, 9.17) is 16.7 Å². The maximum absolute atomic E-state index is 11.0. The summed E-state index contributed by atoms with van der Waals surface area (Å²) in [7, 11) is 1.88. The Morgan fingerprint density at radius 3 is 2.56 bits per heavy atom. The van der Waals surface area contributed by atoms with E-state index < -0.39 is 18.0 Å². The fraction of sp³-hybridized carbons (Fsp3) is 0.462. The van der Waals surface area contributed by atoms with Gasteiger partial charge in [0.15, 0.2) is 0 Å². The van der Waals surface area contributed by atoms with Gasteiger partial charge in [-0.1, -0.05) is 23.7 Å². The molecular formula is C13H16ClNO3. The molecule has 2 N–H and O–H groups in total. The van der Waals surface area contributed by atoms with Crippen LogP contribution < -0.4 is 0 Å². The van der Waals surface area contributed by atoms with E-state index in [1.165, 1.54) is 0 Å². The Hall–Kier alpha value is -1.10. The number of aliphatic hydroxyl groups excluding tert-OH is 1. The van der Waals surface area contributed by atoms with Gasteiger partial charge in [-0.15, -0.1) is 0 Å². The van der Waals surface area contributed by atoms with Crippen LogP contribution in [0, 0.1) is 5.92 Å². The Labute approximate surface area is 111 Å². The SMILES string of the molecule is CN1CC(C(=O)O)C(O)CC1c1ccc(Cl)cc1. The highest BCUT2D eigenvalue weighted by Gasteiger charge is 2.37. The predicted molar refractivity (Wildman–Crippen MR) is 68.6 cm³/mol. The lowest BCUT2D eigenvalue weighted by Crippen LogP contribution is -2.46. The summed E-state index contributed by atoms with van der Waals surface area (Å²) < 4.78 is 0. The molecule has 0 saturated carbocycles. The molecule has 1 fully saturated rings. The molecule has 5 heteroatoms. The van der Waals surface area contributed by atoms with Crippen molar-refractivity contribution in [3.8, 4) is 0 Å². The van der Waals surface area contributed by atoms with Crippen LogP contribution in [-0.2, 0) is 4.79 Å². The molecule has 1 saturated heterocycles. The van der Waals surface area contributed by atoms with E-state index >= 15 is 0 Å². The molecule has 0 radical (unpaired) electrons. The molecule has 1 aliphatic heterocycles. The van der Waals surface area contributed by atoms with Gasteiger partial charge in [0.25, 0.3) is 0 Å². The van der Waals surface area contributed by atoms with E-state index in [2.05, 4.69) is 0 Å². The number of aliphatic carboxylic acids is 1. The molecular weight excluding hydrogens is 254 g/mol. The van der Waals surface area contributed by atoms with Crippen LogP contribution in [0.15, 0.2) is 24.3 Å². The number of rotatable bonds is 2. The van der Waals surface area contributed by atoms with Crippen molar-refractivity contribution in [3.05, 3.63) is 34.9 Å². The number of carboxylic acid groups (broad SMARTS) is 1. The summed E-state index contributed by atoms with van der Waals surface area (Å²) in [6.07, 6.45) is -0.380. The number of benzene rings is 1. The minimum atomic E-state index is -0.941. The van der Waals surface area contributed by atoms with E-state index in [0.717, 1.165) is 5.56 Å². The molecule has 98 valence electrons. The summed E-state index contributed by atoms with van der Waals surface area (Å²) >= 11 is 5.84. The van der Waals surface area contributed by atoms with Crippen LogP contribution in [0.25, 0.3) is 0 Å². The molecule has 0 bridgehead atoms. The summed E-state index contributed by atoms with van der Waals surface area (Å²) in [6.45, 7) is 0.351. The number of carboxylic acids is 1. The largest absolute Gasteiger partial charge is 0.481 e. The van der Waals surface area contributed by atoms with Crippen LogP contribution in [0.3, 0.4) is 0 Å². The number of likely N-dealkylation sites (tertiary alicyclic amines) is 1. The Morgan fingerprint density at radius 1 is 1.39 bits per heavy atom. The first-order valence-electron chi connectivity index (χ1n) is 5.85. The highest BCUT2D eigenvalue weighted by molar-refractivity contribution is 6.30. The molecule has 1 heterocycles. The van der Waals surface area contributed by atoms with Gasteiger partial charge in [0.1, 0.15) is 0 Å². The predicted octanol–water partition coefficient (Wildman–Crippen LogP) is 1.78. The summed E-state index contributed by atoms with van der Waals surface area (Å²) in [5.74, 6) is -1.65. The van der Waals surface area contributed by atoms with Gasteiger partial charge < -0.3 is 10.2 Å². The Morgan fingerprint density at radius 2 is 2.00 bits per heavy atom. The van der Waals surface area contributed by atoms with Crippen LogP contribution in [0.2, 0.25) is 5.02 Å². The number of aliphatic hydroxyl groups is 1. The van der Waals surface area contributed by atoms with E-state index in [0.29, 0.717) is 18.0 Å². The summed E-state index contributed by atoms with van der Waals surface area (Å²) in [4.78, 5) is 13.0. The molecule has 0 spiro atoms. The van der Waals surface area contributed by atoms with E-state index in [1.807, 2.05) is 24.1 Å². The van der Waals surface area contributed by atoms with Gasteiger partial charge in [0.2, 0.25) is 0 Å². The van der Waals surface area contributed by atoms with Gasteiger partial charge in [0.05, 0.1) is 12.0 Å². The molecule has 2 rings (SSSR count). The number of hydrogen-bond donors (Lipinski definition) is 2. The molecule has 0 aliphatic carbocycles. The summed E-state index contributed by atoms with van der Waals surface area (Å²) in [5.41, 5.74) is 1.05. The van der Waals surface area contributed by atoms with Crippen LogP contribution in [0.1, 0.15) is 18.0 Å². The number of nitrogens with zero attached hydrogens (tertiary/aromatic N) is 1. The van der Waals surface area contributed by atoms with Crippen molar-refractivity contribution >= 4 is 17.6 Å². The molecule has 4 nitrogen and oxygen atoms in total. The van der Waals surface area contributed by atoms with Crippen molar-refractivity contribution in [1.82, 2.24) is 4.90 Å². The van der Waals surface area contributed by atoms with Gasteiger partial charge in [-0.25, -0.2) is 0 Å². The van der Waals surface area contributed by atoms with Crippen molar-refractivity contribution in [2.24, 2.45) is 5.92 Å². The third-order valence-corrected chi connectivity index (χ3v) is 3.77.